The molecule has 0 saturated heterocycles. The minimum atomic E-state index is -3.50. The number of hydrogen-bond acceptors (Lipinski definition) is 5. The SMILES string of the molecule is C[NH+](C)[C@H](CNc1ccc(S(C)(=O)=O)cc1[N+](=O)[O-])Cc1ccccc1. The molecule has 8 heteroatoms. The van der Waals surface area contributed by atoms with Crippen molar-refractivity contribution in [1.29, 1.82) is 0 Å². The lowest BCUT2D eigenvalue weighted by molar-refractivity contribution is -0.883. The maximum absolute atomic E-state index is 11.6. The molecule has 0 aromatic heterocycles. The van der Waals surface area contributed by atoms with E-state index < -0.39 is 14.8 Å². The molecule has 140 valence electrons. The van der Waals surface area contributed by atoms with Crippen molar-refractivity contribution >= 4 is 21.2 Å². The average molecular weight is 378 g/mol. The van der Waals surface area contributed by atoms with Crippen molar-refractivity contribution in [2.45, 2.75) is 17.4 Å². The first-order valence-corrected chi connectivity index (χ1v) is 10.1. The lowest BCUT2D eigenvalue weighted by atomic mass is 10.1. The highest BCUT2D eigenvalue weighted by Gasteiger charge is 2.21. The Bertz CT molecular complexity index is 867. The zero-order valence-corrected chi connectivity index (χ0v) is 15.9. The Kier molecular flexibility index (Phi) is 6.33. The molecule has 0 aliphatic heterocycles. The fourth-order valence-corrected chi connectivity index (χ4v) is 3.30. The maximum atomic E-state index is 11.6. The lowest BCUT2D eigenvalue weighted by Gasteiger charge is -2.22. The second-order valence-electron chi connectivity index (χ2n) is 6.55. The molecule has 2 aromatic rings. The number of benzene rings is 2. The van der Waals surface area contributed by atoms with E-state index in [1.165, 1.54) is 22.6 Å². The molecule has 0 spiro atoms. The summed E-state index contributed by atoms with van der Waals surface area (Å²) in [5, 5.41) is 14.5. The second-order valence-corrected chi connectivity index (χ2v) is 8.57. The molecule has 0 bridgehead atoms. The number of likely N-dealkylation sites (N-methyl/N-ethyl adjacent to an activating group) is 1. The van der Waals surface area contributed by atoms with E-state index in [0.717, 1.165) is 18.7 Å². The molecule has 0 saturated carbocycles. The summed E-state index contributed by atoms with van der Waals surface area (Å²) in [5.74, 6) is 0. The molecule has 0 heterocycles. The molecular weight excluding hydrogens is 354 g/mol. The van der Waals surface area contributed by atoms with Gasteiger partial charge < -0.3 is 10.2 Å². The predicted molar refractivity (Wildman–Crippen MR) is 101 cm³/mol. The van der Waals surface area contributed by atoms with Gasteiger partial charge in [0.15, 0.2) is 9.84 Å². The number of nitrogens with zero attached hydrogens (tertiary/aromatic N) is 1. The maximum Gasteiger partial charge on any atom is 0.293 e. The van der Waals surface area contributed by atoms with Gasteiger partial charge in [0.1, 0.15) is 11.7 Å². The van der Waals surface area contributed by atoms with Crippen LogP contribution in [0.4, 0.5) is 11.4 Å². The normalized spacial score (nSPS) is 12.8. The Hall–Kier alpha value is -2.45. The number of quaternary nitrogens is 1. The molecule has 0 aliphatic carbocycles. The van der Waals surface area contributed by atoms with Crippen LogP contribution in [0, 0.1) is 10.1 Å². The summed E-state index contributed by atoms with van der Waals surface area (Å²) in [4.78, 5) is 11.9. The number of sulfone groups is 1. The van der Waals surface area contributed by atoms with Crippen LogP contribution in [0.25, 0.3) is 0 Å². The predicted octanol–water partition coefficient (Wildman–Crippen LogP) is 1.17. The van der Waals surface area contributed by atoms with E-state index >= 15 is 0 Å². The largest absolute Gasteiger partial charge is 0.374 e. The Morgan fingerprint density at radius 1 is 1.15 bits per heavy atom. The molecule has 0 unspecified atom stereocenters. The zero-order valence-electron chi connectivity index (χ0n) is 15.1. The molecular formula is C18H24N3O4S+. The van der Waals surface area contributed by atoms with Crippen LogP contribution in [0.3, 0.4) is 0 Å². The number of hydrogen-bond donors (Lipinski definition) is 2. The molecule has 0 radical (unpaired) electrons. The van der Waals surface area contributed by atoms with Crippen molar-refractivity contribution in [2.75, 3.05) is 32.2 Å². The standard InChI is InChI=1S/C18H23N3O4S/c1-20(2)15(11-14-7-5-4-6-8-14)13-19-17-10-9-16(26(3,24)25)12-18(17)21(22)23/h4-10,12,15,19H,11,13H2,1-3H3/p+1/t15-/m0/s1. The third-order valence-electron chi connectivity index (χ3n) is 4.27. The van der Waals surface area contributed by atoms with Crippen molar-refractivity contribution in [3.63, 3.8) is 0 Å². The van der Waals surface area contributed by atoms with Gasteiger partial charge in [0.2, 0.25) is 0 Å². The number of rotatable bonds is 8. The third kappa shape index (κ3) is 5.27. The molecule has 2 rings (SSSR count). The summed E-state index contributed by atoms with van der Waals surface area (Å²) in [7, 11) is 0.579. The molecule has 2 aromatic carbocycles. The Balaban J connectivity index is 2.19. The summed E-state index contributed by atoms with van der Waals surface area (Å²) in [6.45, 7) is 0.524. The number of nitro groups is 1. The van der Waals surface area contributed by atoms with Crippen LogP contribution in [-0.2, 0) is 16.3 Å². The van der Waals surface area contributed by atoms with Crippen molar-refractivity contribution in [3.8, 4) is 0 Å². The van der Waals surface area contributed by atoms with Gasteiger partial charge in [-0.05, 0) is 17.7 Å². The van der Waals surface area contributed by atoms with Crippen LogP contribution in [0.1, 0.15) is 5.56 Å². The monoisotopic (exact) mass is 378 g/mol. The molecule has 1 atom stereocenters. The van der Waals surface area contributed by atoms with Gasteiger partial charge in [-0.3, -0.25) is 10.1 Å². The Labute approximate surface area is 153 Å². The molecule has 2 N–H and O–H groups in total. The van der Waals surface area contributed by atoms with Gasteiger partial charge in [0, 0.05) is 18.7 Å². The Morgan fingerprint density at radius 3 is 2.35 bits per heavy atom. The van der Waals surface area contributed by atoms with Crippen LogP contribution in [-0.4, -0.2) is 46.3 Å². The van der Waals surface area contributed by atoms with Crippen molar-refractivity contribution < 1.29 is 18.2 Å². The van der Waals surface area contributed by atoms with Crippen LogP contribution in [0.15, 0.2) is 53.4 Å². The van der Waals surface area contributed by atoms with Crippen molar-refractivity contribution in [1.82, 2.24) is 0 Å². The summed E-state index contributed by atoms with van der Waals surface area (Å²) >= 11 is 0. The quantitative estimate of drug-likeness (QED) is 0.531. The highest BCUT2D eigenvalue weighted by molar-refractivity contribution is 7.90. The highest BCUT2D eigenvalue weighted by Crippen LogP contribution is 2.27. The smallest absolute Gasteiger partial charge is 0.293 e. The first kappa shape index (κ1) is 19.9. The first-order valence-electron chi connectivity index (χ1n) is 8.25. The van der Waals surface area contributed by atoms with Gasteiger partial charge in [-0.25, -0.2) is 8.42 Å². The first-order chi connectivity index (χ1) is 12.2. The molecule has 0 amide bonds. The highest BCUT2D eigenvalue weighted by atomic mass is 32.2. The second kappa shape index (κ2) is 8.29. The van der Waals surface area contributed by atoms with E-state index in [0.29, 0.717) is 12.2 Å². The summed E-state index contributed by atoms with van der Waals surface area (Å²) < 4.78 is 23.3. The van der Waals surface area contributed by atoms with Gasteiger partial charge in [0.05, 0.1) is 30.5 Å². The van der Waals surface area contributed by atoms with Crippen molar-refractivity contribution in [3.05, 3.63) is 64.2 Å². The molecule has 0 aliphatic rings. The number of anilines is 1. The van der Waals surface area contributed by atoms with Crippen molar-refractivity contribution in [2.24, 2.45) is 0 Å². The average Bonchev–Trinajstić information content (AvgIpc) is 2.58. The van der Waals surface area contributed by atoms with E-state index in [2.05, 4.69) is 17.4 Å². The van der Waals surface area contributed by atoms with Crippen LogP contribution < -0.4 is 10.2 Å². The van der Waals surface area contributed by atoms with E-state index in [1.807, 2.05) is 32.3 Å². The Morgan fingerprint density at radius 2 is 1.81 bits per heavy atom. The van der Waals surface area contributed by atoms with Gasteiger partial charge in [-0.1, -0.05) is 30.3 Å². The van der Waals surface area contributed by atoms with Gasteiger partial charge in [-0.15, -0.1) is 0 Å². The van der Waals surface area contributed by atoms with Gasteiger partial charge in [0.25, 0.3) is 5.69 Å². The zero-order chi connectivity index (χ0) is 19.3. The minimum absolute atomic E-state index is 0.0613. The van der Waals surface area contributed by atoms with Crippen LogP contribution in [0.5, 0.6) is 0 Å². The number of nitrogens with one attached hydrogen (secondary N) is 2. The summed E-state index contributed by atoms with van der Waals surface area (Å²) in [5.41, 5.74) is 1.28. The van der Waals surface area contributed by atoms with Crippen LogP contribution >= 0.6 is 0 Å². The van der Waals surface area contributed by atoms with E-state index in [1.54, 1.807) is 0 Å². The van der Waals surface area contributed by atoms with E-state index in [-0.39, 0.29) is 16.6 Å². The van der Waals surface area contributed by atoms with E-state index in [4.69, 9.17) is 0 Å². The summed E-state index contributed by atoms with van der Waals surface area (Å²) in [6, 6.07) is 14.2. The summed E-state index contributed by atoms with van der Waals surface area (Å²) in [6.07, 6.45) is 1.86. The molecule has 26 heavy (non-hydrogen) atoms. The topological polar surface area (TPSA) is 93.8 Å². The fourth-order valence-electron chi connectivity index (χ4n) is 2.65. The fraction of sp³-hybridized carbons (Fsp3) is 0.333. The minimum Gasteiger partial charge on any atom is -0.374 e. The molecule has 7 nitrogen and oxygen atoms in total. The molecule has 0 fully saturated rings. The van der Waals surface area contributed by atoms with E-state index in [9.17, 15) is 18.5 Å². The van der Waals surface area contributed by atoms with Gasteiger partial charge in [-0.2, -0.15) is 0 Å². The van der Waals surface area contributed by atoms with Crippen LogP contribution in [0.2, 0.25) is 0 Å². The van der Waals surface area contributed by atoms with Gasteiger partial charge >= 0.3 is 0 Å². The lowest BCUT2D eigenvalue weighted by Crippen LogP contribution is -3.11. The third-order valence-corrected chi connectivity index (χ3v) is 5.38. The number of nitro benzene ring substituents is 1.